The lowest BCUT2D eigenvalue weighted by Crippen LogP contribution is -2.09. The van der Waals surface area contributed by atoms with Crippen LogP contribution < -0.4 is 5.73 Å². The minimum atomic E-state index is -0.284. The van der Waals surface area contributed by atoms with Gasteiger partial charge in [0, 0.05) is 17.7 Å². The number of primary amides is 1. The third kappa shape index (κ3) is 2.19. The van der Waals surface area contributed by atoms with Gasteiger partial charge in [-0.2, -0.15) is 0 Å². The van der Waals surface area contributed by atoms with Gasteiger partial charge in [0.15, 0.2) is 0 Å². The molecule has 0 aromatic carbocycles. The molecule has 3 heteroatoms. The molecular formula is C7H8NOS. The Bertz CT molecular complexity index is 205. The lowest BCUT2D eigenvalue weighted by molar-refractivity contribution is -0.117. The number of carbonyl (C=O) groups is 1. The van der Waals surface area contributed by atoms with Crippen molar-refractivity contribution in [3.63, 3.8) is 0 Å². The summed E-state index contributed by atoms with van der Waals surface area (Å²) in [6, 6.07) is 3.89. The van der Waals surface area contributed by atoms with Gasteiger partial charge in [0.1, 0.15) is 0 Å². The van der Waals surface area contributed by atoms with Gasteiger partial charge in [0.2, 0.25) is 5.91 Å². The lowest BCUT2D eigenvalue weighted by atomic mass is 10.2. The van der Waals surface area contributed by atoms with Crippen molar-refractivity contribution in [3.8, 4) is 0 Å². The smallest absolute Gasteiger partial charge is 0.218 e. The zero-order valence-corrected chi connectivity index (χ0v) is 6.23. The van der Waals surface area contributed by atoms with Gasteiger partial charge >= 0.3 is 0 Å². The monoisotopic (exact) mass is 154 g/mol. The van der Waals surface area contributed by atoms with Crippen LogP contribution in [0.4, 0.5) is 0 Å². The van der Waals surface area contributed by atoms with Crippen LogP contribution in [-0.2, 0) is 4.79 Å². The summed E-state index contributed by atoms with van der Waals surface area (Å²) in [7, 11) is 0. The Morgan fingerprint density at radius 3 is 3.10 bits per heavy atom. The van der Waals surface area contributed by atoms with Gasteiger partial charge in [-0.05, 0) is 11.4 Å². The van der Waals surface area contributed by atoms with Crippen LogP contribution in [0.25, 0.3) is 0 Å². The van der Waals surface area contributed by atoms with E-state index in [1.165, 1.54) is 0 Å². The molecule has 0 aliphatic carbocycles. The molecule has 1 amide bonds. The number of hydrogen-bond acceptors (Lipinski definition) is 2. The van der Waals surface area contributed by atoms with E-state index in [1.807, 2.05) is 23.9 Å². The van der Waals surface area contributed by atoms with Crippen molar-refractivity contribution in [1.29, 1.82) is 0 Å². The molecule has 1 radical (unpaired) electrons. The van der Waals surface area contributed by atoms with Crippen molar-refractivity contribution in [2.75, 3.05) is 0 Å². The van der Waals surface area contributed by atoms with Gasteiger partial charge in [-0.3, -0.25) is 4.79 Å². The maximum absolute atomic E-state index is 10.3. The molecule has 0 spiro atoms. The molecule has 1 rings (SSSR count). The van der Waals surface area contributed by atoms with E-state index in [9.17, 15) is 4.79 Å². The first-order valence-electron chi connectivity index (χ1n) is 2.94. The Balaban J connectivity index is 2.35. The molecule has 1 heterocycles. The number of carbonyl (C=O) groups excluding carboxylic acids is 1. The molecule has 0 fully saturated rings. The standard InChI is InChI=1S/C7H8NOS/c8-7(9)4-3-6-2-1-5-10-6/h1-3,5H,4H2,(H2,8,9). The molecule has 0 atom stereocenters. The summed E-state index contributed by atoms with van der Waals surface area (Å²) in [5.74, 6) is -0.284. The summed E-state index contributed by atoms with van der Waals surface area (Å²) in [5, 5.41) is 1.97. The zero-order valence-electron chi connectivity index (χ0n) is 5.41. The van der Waals surface area contributed by atoms with Crippen LogP contribution in [0.3, 0.4) is 0 Å². The van der Waals surface area contributed by atoms with E-state index in [2.05, 4.69) is 0 Å². The second kappa shape index (κ2) is 3.37. The van der Waals surface area contributed by atoms with Crippen molar-refractivity contribution < 1.29 is 4.79 Å². The number of rotatable bonds is 3. The van der Waals surface area contributed by atoms with Crippen LogP contribution in [-0.4, -0.2) is 5.91 Å². The van der Waals surface area contributed by atoms with Gasteiger partial charge in [-0.15, -0.1) is 11.3 Å². The average Bonchev–Trinajstić information content (AvgIpc) is 2.34. The van der Waals surface area contributed by atoms with Crippen LogP contribution >= 0.6 is 11.3 Å². The highest BCUT2D eigenvalue weighted by Crippen LogP contribution is 2.11. The third-order valence-corrected chi connectivity index (χ3v) is 1.92. The molecule has 2 nitrogen and oxygen atoms in total. The minimum Gasteiger partial charge on any atom is -0.370 e. The van der Waals surface area contributed by atoms with E-state index in [0.717, 1.165) is 4.88 Å². The van der Waals surface area contributed by atoms with E-state index in [-0.39, 0.29) is 5.91 Å². The highest BCUT2D eigenvalue weighted by Gasteiger charge is 1.96. The Kier molecular flexibility index (Phi) is 2.45. The topological polar surface area (TPSA) is 43.1 Å². The number of nitrogens with two attached hydrogens (primary N) is 1. The second-order valence-electron chi connectivity index (χ2n) is 1.89. The first-order chi connectivity index (χ1) is 4.79. The van der Waals surface area contributed by atoms with Crippen LogP contribution in [0.15, 0.2) is 17.5 Å². The minimum absolute atomic E-state index is 0.284. The third-order valence-electron chi connectivity index (χ3n) is 1.05. The van der Waals surface area contributed by atoms with E-state index in [0.29, 0.717) is 6.42 Å². The van der Waals surface area contributed by atoms with Crippen LogP contribution in [0.1, 0.15) is 11.3 Å². The fraction of sp³-hybridized carbons (Fsp3) is 0.143. The predicted molar refractivity (Wildman–Crippen MR) is 41.5 cm³/mol. The van der Waals surface area contributed by atoms with E-state index >= 15 is 0 Å². The summed E-state index contributed by atoms with van der Waals surface area (Å²) < 4.78 is 0. The Hall–Kier alpha value is -0.830. The molecular weight excluding hydrogens is 146 g/mol. The summed E-state index contributed by atoms with van der Waals surface area (Å²) in [6.45, 7) is 0. The largest absolute Gasteiger partial charge is 0.370 e. The van der Waals surface area contributed by atoms with Crippen molar-refractivity contribution in [2.45, 2.75) is 6.42 Å². The molecule has 53 valence electrons. The number of hydrogen-bond donors (Lipinski definition) is 1. The SMILES string of the molecule is NC(=O)C[CH]c1cccs1. The maximum Gasteiger partial charge on any atom is 0.218 e. The fourth-order valence-electron chi connectivity index (χ4n) is 0.609. The summed E-state index contributed by atoms with van der Waals surface area (Å²) in [6.07, 6.45) is 2.16. The van der Waals surface area contributed by atoms with Crippen molar-refractivity contribution in [3.05, 3.63) is 28.8 Å². The Morgan fingerprint density at radius 1 is 1.80 bits per heavy atom. The molecule has 0 aliphatic rings. The van der Waals surface area contributed by atoms with Gasteiger partial charge < -0.3 is 5.73 Å². The molecule has 0 unspecified atom stereocenters. The van der Waals surface area contributed by atoms with Crippen molar-refractivity contribution in [1.82, 2.24) is 0 Å². The van der Waals surface area contributed by atoms with E-state index in [4.69, 9.17) is 5.73 Å². The molecule has 0 bridgehead atoms. The fourth-order valence-corrected chi connectivity index (χ4v) is 1.26. The average molecular weight is 154 g/mol. The first-order valence-corrected chi connectivity index (χ1v) is 3.82. The Labute approximate surface area is 63.7 Å². The molecule has 0 saturated heterocycles. The summed E-state index contributed by atoms with van der Waals surface area (Å²) in [4.78, 5) is 11.4. The normalized spacial score (nSPS) is 9.60. The molecule has 2 N–H and O–H groups in total. The summed E-state index contributed by atoms with van der Waals surface area (Å²) in [5.41, 5.74) is 4.94. The molecule has 1 aromatic rings. The van der Waals surface area contributed by atoms with Gasteiger partial charge in [-0.1, -0.05) is 6.07 Å². The van der Waals surface area contributed by atoms with Crippen LogP contribution in [0.2, 0.25) is 0 Å². The number of thiophene rings is 1. The molecule has 10 heavy (non-hydrogen) atoms. The zero-order chi connectivity index (χ0) is 7.40. The summed E-state index contributed by atoms with van der Waals surface area (Å²) >= 11 is 1.60. The molecule has 1 aromatic heterocycles. The molecule has 0 aliphatic heterocycles. The highest BCUT2D eigenvalue weighted by atomic mass is 32.1. The number of amides is 1. The second-order valence-corrected chi connectivity index (χ2v) is 2.87. The van der Waals surface area contributed by atoms with Gasteiger partial charge in [-0.25, -0.2) is 0 Å². The van der Waals surface area contributed by atoms with Crippen molar-refractivity contribution in [2.24, 2.45) is 5.73 Å². The van der Waals surface area contributed by atoms with E-state index < -0.39 is 0 Å². The first kappa shape index (κ1) is 7.28. The van der Waals surface area contributed by atoms with Gasteiger partial charge in [0.05, 0.1) is 0 Å². The van der Waals surface area contributed by atoms with E-state index in [1.54, 1.807) is 11.3 Å². The molecule has 0 saturated carbocycles. The highest BCUT2D eigenvalue weighted by molar-refractivity contribution is 7.10. The quantitative estimate of drug-likeness (QED) is 0.697. The maximum atomic E-state index is 10.3. The van der Waals surface area contributed by atoms with Crippen molar-refractivity contribution >= 4 is 17.2 Å². The van der Waals surface area contributed by atoms with Gasteiger partial charge in [0.25, 0.3) is 0 Å². The lowest BCUT2D eigenvalue weighted by Gasteiger charge is -1.89. The van der Waals surface area contributed by atoms with Crippen LogP contribution in [0.5, 0.6) is 0 Å². The Morgan fingerprint density at radius 2 is 2.60 bits per heavy atom. The predicted octanol–water partition coefficient (Wildman–Crippen LogP) is 1.18. The van der Waals surface area contributed by atoms with Crippen LogP contribution in [0, 0.1) is 6.42 Å².